The second kappa shape index (κ2) is 6.92. The van der Waals surface area contributed by atoms with Crippen molar-refractivity contribution in [3.05, 3.63) is 53.5 Å². The summed E-state index contributed by atoms with van der Waals surface area (Å²) in [7, 11) is 0. The van der Waals surface area contributed by atoms with Crippen LogP contribution in [0.3, 0.4) is 0 Å². The molecule has 4 rings (SSSR count). The van der Waals surface area contributed by atoms with Gasteiger partial charge in [-0.1, -0.05) is 6.07 Å². The number of urea groups is 1. The molecule has 0 radical (unpaired) electrons. The van der Waals surface area contributed by atoms with Gasteiger partial charge in [0.05, 0.1) is 6.26 Å². The van der Waals surface area contributed by atoms with Crippen molar-refractivity contribution in [2.45, 2.75) is 50.7 Å². The lowest BCUT2D eigenvalue weighted by molar-refractivity contribution is 0.110. The molecular weight excluding hydrogens is 316 g/mol. The molecule has 5 heteroatoms. The molecule has 2 aliphatic rings. The van der Waals surface area contributed by atoms with Crippen LogP contribution in [-0.2, 0) is 12.8 Å². The number of likely N-dealkylation sites (tertiary alicyclic amines) is 1. The van der Waals surface area contributed by atoms with Crippen molar-refractivity contribution in [3.8, 4) is 0 Å². The molecule has 0 saturated carbocycles. The van der Waals surface area contributed by atoms with Crippen LogP contribution in [0, 0.1) is 0 Å². The third-order valence-electron chi connectivity index (χ3n) is 5.35. The first-order valence-electron chi connectivity index (χ1n) is 9.11. The number of fused-ring (bicyclic) bond motifs is 1. The van der Waals surface area contributed by atoms with Gasteiger partial charge >= 0.3 is 6.03 Å². The molecule has 5 nitrogen and oxygen atoms in total. The fraction of sp³-hybridized carbons (Fsp3) is 0.450. The molecule has 1 aliphatic heterocycles. The Morgan fingerprint density at radius 1 is 1.28 bits per heavy atom. The van der Waals surface area contributed by atoms with Crippen molar-refractivity contribution < 1.29 is 14.3 Å². The molecule has 2 N–H and O–H groups in total. The predicted molar refractivity (Wildman–Crippen MR) is 95.5 cm³/mol. The van der Waals surface area contributed by atoms with Crippen LogP contribution in [0.2, 0.25) is 0 Å². The van der Waals surface area contributed by atoms with Crippen LogP contribution < -0.4 is 5.32 Å². The minimum Gasteiger partial charge on any atom is -0.467 e. The number of furan rings is 1. The number of carbonyl (C=O) groups excluding carboxylic acids is 1. The average Bonchev–Trinajstić information content (AvgIpc) is 3.35. The summed E-state index contributed by atoms with van der Waals surface area (Å²) in [5.41, 5.74) is 3.62. The van der Waals surface area contributed by atoms with Gasteiger partial charge in [-0.15, -0.1) is 0 Å². The van der Waals surface area contributed by atoms with Gasteiger partial charge in [0.25, 0.3) is 0 Å². The number of benzene rings is 1. The van der Waals surface area contributed by atoms with E-state index in [1.807, 2.05) is 11.0 Å². The Hall–Kier alpha value is -2.27. The third-order valence-corrected chi connectivity index (χ3v) is 5.35. The average molecular weight is 340 g/mol. The van der Waals surface area contributed by atoms with Gasteiger partial charge in [-0.05, 0) is 67.5 Å². The molecule has 2 unspecified atom stereocenters. The Morgan fingerprint density at radius 2 is 2.16 bits per heavy atom. The van der Waals surface area contributed by atoms with Crippen LogP contribution in [-0.4, -0.2) is 28.6 Å². The highest BCUT2D eigenvalue weighted by atomic mass is 16.4. The minimum atomic E-state index is -0.673. The third kappa shape index (κ3) is 3.42. The summed E-state index contributed by atoms with van der Waals surface area (Å²) in [5.74, 6) is 0.561. The molecule has 2 aromatic rings. The Bertz CT molecular complexity index is 741. The van der Waals surface area contributed by atoms with Gasteiger partial charge in [0.1, 0.15) is 11.9 Å². The van der Waals surface area contributed by atoms with Crippen LogP contribution >= 0.6 is 0 Å². The van der Waals surface area contributed by atoms with Gasteiger partial charge in [-0.2, -0.15) is 0 Å². The van der Waals surface area contributed by atoms with Crippen LogP contribution in [0.1, 0.15) is 48.7 Å². The Labute approximate surface area is 147 Å². The second-order valence-electron chi connectivity index (χ2n) is 7.02. The number of amides is 2. The lowest BCUT2D eigenvalue weighted by Crippen LogP contribution is -2.39. The van der Waals surface area contributed by atoms with Gasteiger partial charge in [0.15, 0.2) is 0 Å². The second-order valence-corrected chi connectivity index (χ2v) is 7.02. The number of hydrogen-bond donors (Lipinski definition) is 2. The molecule has 132 valence electrons. The number of nitrogens with zero attached hydrogens (tertiary/aromatic N) is 1. The zero-order valence-corrected chi connectivity index (χ0v) is 14.3. The lowest BCUT2D eigenvalue weighted by atomic mass is 10.1. The van der Waals surface area contributed by atoms with Gasteiger partial charge < -0.3 is 19.7 Å². The van der Waals surface area contributed by atoms with Crippen molar-refractivity contribution in [1.29, 1.82) is 0 Å². The van der Waals surface area contributed by atoms with Crippen molar-refractivity contribution >= 4 is 11.7 Å². The largest absolute Gasteiger partial charge is 0.467 e. The summed E-state index contributed by atoms with van der Waals surface area (Å²) >= 11 is 0. The first-order chi connectivity index (χ1) is 12.2. The van der Waals surface area contributed by atoms with E-state index in [1.54, 1.807) is 18.4 Å². The van der Waals surface area contributed by atoms with E-state index < -0.39 is 6.10 Å². The molecule has 2 heterocycles. The molecule has 0 bridgehead atoms. The number of nitrogens with one attached hydrogen (secondary N) is 1. The van der Waals surface area contributed by atoms with Gasteiger partial charge in [-0.25, -0.2) is 4.79 Å². The number of anilines is 1. The SMILES string of the molecule is O=C(Nc1ccc2c(c1)CCC2)N1CCCC1CC(O)c1ccco1. The first kappa shape index (κ1) is 16.2. The minimum absolute atomic E-state index is 0.0366. The van der Waals surface area contributed by atoms with Gasteiger partial charge in [-0.3, -0.25) is 0 Å². The number of aryl methyl sites for hydroxylation is 2. The van der Waals surface area contributed by atoms with Gasteiger partial charge in [0.2, 0.25) is 0 Å². The Kier molecular flexibility index (Phi) is 4.49. The maximum absolute atomic E-state index is 12.7. The number of carbonyl (C=O) groups is 1. The zero-order chi connectivity index (χ0) is 17.2. The molecule has 1 saturated heterocycles. The summed E-state index contributed by atoms with van der Waals surface area (Å²) in [4.78, 5) is 14.5. The molecule has 1 aromatic carbocycles. The summed E-state index contributed by atoms with van der Waals surface area (Å²) in [5, 5.41) is 13.3. The zero-order valence-electron chi connectivity index (χ0n) is 14.3. The molecule has 2 amide bonds. The van der Waals surface area contributed by atoms with E-state index in [2.05, 4.69) is 17.4 Å². The highest BCUT2D eigenvalue weighted by Crippen LogP contribution is 2.29. The predicted octanol–water partition coefficient (Wildman–Crippen LogP) is 3.89. The van der Waals surface area contributed by atoms with Crippen LogP contribution in [0.15, 0.2) is 41.0 Å². The van der Waals surface area contributed by atoms with Crippen molar-refractivity contribution in [2.24, 2.45) is 0 Å². The Balaban J connectivity index is 1.40. The molecule has 1 aromatic heterocycles. The highest BCUT2D eigenvalue weighted by molar-refractivity contribution is 5.90. The summed E-state index contributed by atoms with van der Waals surface area (Å²) < 4.78 is 5.27. The molecule has 2 atom stereocenters. The van der Waals surface area contributed by atoms with Crippen molar-refractivity contribution in [1.82, 2.24) is 4.90 Å². The quantitative estimate of drug-likeness (QED) is 0.887. The first-order valence-corrected chi connectivity index (χ1v) is 9.11. The van der Waals surface area contributed by atoms with Crippen LogP contribution in [0.25, 0.3) is 0 Å². The summed E-state index contributed by atoms with van der Waals surface area (Å²) in [6, 6.07) is 9.72. The van der Waals surface area contributed by atoms with E-state index in [0.717, 1.165) is 37.9 Å². The number of hydrogen-bond acceptors (Lipinski definition) is 3. The van der Waals surface area contributed by atoms with Crippen LogP contribution in [0.4, 0.5) is 10.5 Å². The Morgan fingerprint density at radius 3 is 3.00 bits per heavy atom. The maximum Gasteiger partial charge on any atom is 0.322 e. The van der Waals surface area contributed by atoms with E-state index in [4.69, 9.17) is 4.42 Å². The molecule has 1 fully saturated rings. The van der Waals surface area contributed by atoms with Gasteiger partial charge in [0, 0.05) is 24.7 Å². The van der Waals surface area contributed by atoms with Crippen molar-refractivity contribution in [3.63, 3.8) is 0 Å². The topological polar surface area (TPSA) is 65.7 Å². The van der Waals surface area contributed by atoms with E-state index in [9.17, 15) is 9.90 Å². The van der Waals surface area contributed by atoms with E-state index in [-0.39, 0.29) is 12.1 Å². The standard InChI is InChI=1S/C20H24N2O3/c23-18(19-7-3-11-25-19)13-17-6-2-10-22(17)20(24)21-16-9-8-14-4-1-5-15(14)12-16/h3,7-9,11-12,17-18,23H,1-2,4-6,10,13H2,(H,21,24). The smallest absolute Gasteiger partial charge is 0.322 e. The van der Waals surface area contributed by atoms with E-state index >= 15 is 0 Å². The lowest BCUT2D eigenvalue weighted by Gasteiger charge is -2.26. The fourth-order valence-corrected chi connectivity index (χ4v) is 4.05. The number of rotatable bonds is 4. The van der Waals surface area contributed by atoms with E-state index in [0.29, 0.717) is 12.2 Å². The van der Waals surface area contributed by atoms with E-state index in [1.165, 1.54) is 17.5 Å². The molecular formula is C20H24N2O3. The summed E-state index contributed by atoms with van der Waals surface area (Å²) in [6.07, 6.45) is 6.71. The highest BCUT2D eigenvalue weighted by Gasteiger charge is 2.31. The normalized spacial score (nSPS) is 20.5. The molecule has 0 spiro atoms. The monoisotopic (exact) mass is 340 g/mol. The number of aliphatic hydroxyl groups excluding tert-OH is 1. The molecule has 25 heavy (non-hydrogen) atoms. The maximum atomic E-state index is 12.7. The summed E-state index contributed by atoms with van der Waals surface area (Å²) in [6.45, 7) is 0.728. The molecule has 1 aliphatic carbocycles. The number of aliphatic hydroxyl groups is 1. The van der Waals surface area contributed by atoms with Crippen LogP contribution in [0.5, 0.6) is 0 Å². The fourth-order valence-electron chi connectivity index (χ4n) is 4.05. The van der Waals surface area contributed by atoms with Crippen molar-refractivity contribution in [2.75, 3.05) is 11.9 Å².